The van der Waals surface area contributed by atoms with Crippen LogP contribution in [0, 0.1) is 10.5 Å². The molecule has 146 valence electrons. The highest BCUT2D eigenvalue weighted by Gasteiger charge is 2.35. The summed E-state index contributed by atoms with van der Waals surface area (Å²) in [6.07, 6.45) is 1.73. The average molecular weight is 509 g/mol. The molecule has 2 amide bonds. The largest absolute Gasteiger partial charge is 0.492 e. The Morgan fingerprint density at radius 3 is 2.68 bits per heavy atom. The zero-order chi connectivity index (χ0) is 20.3. The van der Waals surface area contributed by atoms with Crippen molar-refractivity contribution in [2.75, 3.05) is 13.7 Å². The number of ether oxygens (including phenoxy) is 2. The van der Waals surface area contributed by atoms with Crippen LogP contribution in [0.3, 0.4) is 0 Å². The zero-order valence-corrected chi connectivity index (χ0v) is 18.8. The highest BCUT2D eigenvalue weighted by atomic mass is 127. The van der Waals surface area contributed by atoms with E-state index < -0.39 is 0 Å². The fourth-order valence-corrected chi connectivity index (χ4v) is 4.60. The van der Waals surface area contributed by atoms with Gasteiger partial charge in [-0.05, 0) is 77.5 Å². The summed E-state index contributed by atoms with van der Waals surface area (Å²) in [5.41, 5.74) is 2.81. The first-order valence-electron chi connectivity index (χ1n) is 8.74. The second-order valence-electron chi connectivity index (χ2n) is 6.22. The molecule has 28 heavy (non-hydrogen) atoms. The lowest BCUT2D eigenvalue weighted by Crippen LogP contribution is -2.27. The van der Waals surface area contributed by atoms with Crippen LogP contribution >= 0.6 is 34.4 Å². The summed E-state index contributed by atoms with van der Waals surface area (Å²) in [4.78, 5) is 26.9. The van der Waals surface area contributed by atoms with E-state index in [9.17, 15) is 9.59 Å². The van der Waals surface area contributed by atoms with Crippen molar-refractivity contribution < 1.29 is 19.1 Å². The minimum absolute atomic E-state index is 0.258. The van der Waals surface area contributed by atoms with E-state index in [4.69, 9.17) is 9.47 Å². The summed E-state index contributed by atoms with van der Waals surface area (Å²) in [5.74, 6) is 0.995. The molecule has 0 bridgehead atoms. The molecule has 1 aliphatic heterocycles. The zero-order valence-electron chi connectivity index (χ0n) is 15.8. The summed E-state index contributed by atoms with van der Waals surface area (Å²) >= 11 is 3.13. The number of aryl methyl sites for hydroxylation is 1. The Labute approximate surface area is 182 Å². The first kappa shape index (κ1) is 20.7. The number of imide groups is 1. The van der Waals surface area contributed by atoms with Gasteiger partial charge in [-0.15, -0.1) is 0 Å². The van der Waals surface area contributed by atoms with E-state index in [0.717, 1.165) is 32.0 Å². The number of halogens is 1. The molecule has 0 unspecified atom stereocenters. The van der Waals surface area contributed by atoms with Gasteiger partial charge in [0.05, 0.1) is 28.7 Å². The van der Waals surface area contributed by atoms with Crippen LogP contribution in [0.25, 0.3) is 6.08 Å². The highest BCUT2D eigenvalue weighted by Crippen LogP contribution is 2.37. The third kappa shape index (κ3) is 4.52. The van der Waals surface area contributed by atoms with Crippen LogP contribution in [-0.4, -0.2) is 29.8 Å². The van der Waals surface area contributed by atoms with Gasteiger partial charge in [0.1, 0.15) is 0 Å². The SMILES string of the molecule is CCOc1cc(/C=C2/SC(=O)N(Cc3cccc(C)c3)C2=O)cc(I)c1OC. The molecular formula is C21H20INO4S. The first-order valence-corrected chi connectivity index (χ1v) is 10.6. The maximum absolute atomic E-state index is 12.8. The van der Waals surface area contributed by atoms with Crippen LogP contribution in [0.1, 0.15) is 23.6 Å². The minimum atomic E-state index is -0.278. The number of hydrogen-bond acceptors (Lipinski definition) is 5. The molecule has 5 nitrogen and oxygen atoms in total. The van der Waals surface area contributed by atoms with E-state index in [2.05, 4.69) is 22.6 Å². The smallest absolute Gasteiger partial charge is 0.293 e. The summed E-state index contributed by atoms with van der Waals surface area (Å²) in [5, 5.41) is -0.258. The number of hydrogen-bond donors (Lipinski definition) is 0. The summed E-state index contributed by atoms with van der Waals surface area (Å²) in [7, 11) is 1.59. The van der Waals surface area contributed by atoms with Gasteiger partial charge in [0.15, 0.2) is 11.5 Å². The average Bonchev–Trinajstić information content (AvgIpc) is 2.89. The summed E-state index contributed by atoms with van der Waals surface area (Å²) in [6, 6.07) is 11.5. The Bertz CT molecular complexity index is 957. The molecule has 1 heterocycles. The molecule has 1 aliphatic rings. The van der Waals surface area contributed by atoms with E-state index in [-0.39, 0.29) is 17.7 Å². The van der Waals surface area contributed by atoms with E-state index in [0.29, 0.717) is 23.0 Å². The van der Waals surface area contributed by atoms with Crippen LogP contribution in [0.2, 0.25) is 0 Å². The lowest BCUT2D eigenvalue weighted by atomic mass is 10.1. The number of rotatable bonds is 6. The van der Waals surface area contributed by atoms with Crippen molar-refractivity contribution in [1.29, 1.82) is 0 Å². The number of amides is 2. The van der Waals surface area contributed by atoms with Crippen molar-refractivity contribution in [3.05, 3.63) is 61.6 Å². The molecule has 0 spiro atoms. The molecule has 2 aromatic carbocycles. The van der Waals surface area contributed by atoms with Gasteiger partial charge >= 0.3 is 0 Å². The summed E-state index contributed by atoms with van der Waals surface area (Å²) in [6.45, 7) is 4.66. The van der Waals surface area contributed by atoms with Crippen molar-refractivity contribution in [2.24, 2.45) is 0 Å². The lowest BCUT2D eigenvalue weighted by molar-refractivity contribution is -0.123. The standard InChI is InChI=1S/C21H20INO4S/c1-4-27-17-10-15(9-16(22)19(17)26-3)11-18-20(24)23(21(25)28-18)12-14-7-5-6-13(2)8-14/h5-11H,4,12H2,1-3H3/b18-11+. The second kappa shape index (κ2) is 9.00. The normalized spacial score (nSPS) is 15.4. The fraction of sp³-hybridized carbons (Fsp3) is 0.238. The van der Waals surface area contributed by atoms with Crippen molar-refractivity contribution in [1.82, 2.24) is 4.90 Å². The van der Waals surface area contributed by atoms with Crippen molar-refractivity contribution >= 4 is 51.6 Å². The van der Waals surface area contributed by atoms with Crippen LogP contribution in [0.15, 0.2) is 41.3 Å². The molecule has 0 aromatic heterocycles. The molecule has 0 aliphatic carbocycles. The van der Waals surface area contributed by atoms with Crippen LogP contribution in [0.5, 0.6) is 11.5 Å². The number of nitrogens with zero attached hydrogens (tertiary/aromatic N) is 1. The molecule has 0 radical (unpaired) electrons. The van der Waals surface area contributed by atoms with Gasteiger partial charge in [0, 0.05) is 0 Å². The minimum Gasteiger partial charge on any atom is -0.492 e. The summed E-state index contributed by atoms with van der Waals surface area (Å²) < 4.78 is 11.9. The first-order chi connectivity index (χ1) is 13.4. The van der Waals surface area contributed by atoms with Gasteiger partial charge in [0.25, 0.3) is 11.1 Å². The Morgan fingerprint density at radius 1 is 1.21 bits per heavy atom. The third-order valence-electron chi connectivity index (χ3n) is 4.13. The Hall–Kier alpha value is -2.00. The monoisotopic (exact) mass is 509 g/mol. The quantitative estimate of drug-likeness (QED) is 0.394. The molecule has 7 heteroatoms. The fourth-order valence-electron chi connectivity index (χ4n) is 2.91. The van der Waals surface area contributed by atoms with E-state index in [1.807, 2.05) is 50.2 Å². The Morgan fingerprint density at radius 2 is 2.00 bits per heavy atom. The van der Waals surface area contributed by atoms with Crippen molar-refractivity contribution in [3.63, 3.8) is 0 Å². The van der Waals surface area contributed by atoms with Gasteiger partial charge in [-0.2, -0.15) is 0 Å². The highest BCUT2D eigenvalue weighted by molar-refractivity contribution is 14.1. The Balaban J connectivity index is 1.87. The van der Waals surface area contributed by atoms with Crippen LogP contribution in [-0.2, 0) is 11.3 Å². The molecule has 3 rings (SSSR count). The van der Waals surface area contributed by atoms with Crippen LogP contribution < -0.4 is 9.47 Å². The van der Waals surface area contributed by atoms with Crippen molar-refractivity contribution in [2.45, 2.75) is 20.4 Å². The molecule has 0 atom stereocenters. The number of benzene rings is 2. The van der Waals surface area contributed by atoms with Gasteiger partial charge in [-0.1, -0.05) is 29.8 Å². The number of methoxy groups -OCH3 is 1. The van der Waals surface area contributed by atoms with E-state index in [1.54, 1.807) is 13.2 Å². The number of carbonyl (C=O) groups is 2. The second-order valence-corrected chi connectivity index (χ2v) is 8.38. The third-order valence-corrected chi connectivity index (χ3v) is 5.84. The van der Waals surface area contributed by atoms with Crippen molar-refractivity contribution in [3.8, 4) is 11.5 Å². The maximum atomic E-state index is 12.8. The molecule has 0 N–H and O–H groups in total. The molecule has 1 fully saturated rings. The van der Waals surface area contributed by atoms with Gasteiger partial charge in [0.2, 0.25) is 0 Å². The topological polar surface area (TPSA) is 55.8 Å². The molecule has 1 saturated heterocycles. The molecule has 2 aromatic rings. The predicted octanol–water partition coefficient (Wildman–Crippen LogP) is 5.24. The van der Waals surface area contributed by atoms with Gasteiger partial charge in [-0.25, -0.2) is 0 Å². The predicted molar refractivity (Wildman–Crippen MR) is 120 cm³/mol. The van der Waals surface area contributed by atoms with Gasteiger partial charge in [-0.3, -0.25) is 14.5 Å². The molecule has 0 saturated carbocycles. The maximum Gasteiger partial charge on any atom is 0.293 e. The Kier molecular flexibility index (Phi) is 6.66. The number of thioether (sulfide) groups is 1. The van der Waals surface area contributed by atoms with E-state index in [1.165, 1.54) is 4.90 Å². The molecular weight excluding hydrogens is 489 g/mol. The number of carbonyl (C=O) groups excluding carboxylic acids is 2. The van der Waals surface area contributed by atoms with E-state index >= 15 is 0 Å². The lowest BCUT2D eigenvalue weighted by Gasteiger charge is -2.13. The van der Waals surface area contributed by atoms with Crippen LogP contribution in [0.4, 0.5) is 4.79 Å². The van der Waals surface area contributed by atoms with Gasteiger partial charge < -0.3 is 9.47 Å².